The highest BCUT2D eigenvalue weighted by atomic mass is 16.4. The number of benzene rings is 1. The van der Waals surface area contributed by atoms with Crippen LogP contribution >= 0.6 is 0 Å². The number of rotatable bonds is 13. The lowest BCUT2D eigenvalue weighted by Gasteiger charge is -2.22. The molecular weight excluding hydrogens is 406 g/mol. The normalized spacial score (nSPS) is 13.3. The predicted octanol–water partition coefficient (Wildman–Crippen LogP) is -2.46. The number of amides is 3. The van der Waals surface area contributed by atoms with Gasteiger partial charge >= 0.3 is 5.97 Å². The van der Waals surface area contributed by atoms with Crippen molar-refractivity contribution in [2.75, 3.05) is 6.54 Å². The van der Waals surface area contributed by atoms with E-state index in [0.717, 1.165) is 5.56 Å². The Labute approximate surface area is 179 Å². The Morgan fingerprint density at radius 2 is 1.58 bits per heavy atom. The van der Waals surface area contributed by atoms with Crippen molar-refractivity contribution in [2.24, 2.45) is 27.9 Å². The van der Waals surface area contributed by atoms with Crippen LogP contribution in [0.15, 0.2) is 35.3 Å². The van der Waals surface area contributed by atoms with E-state index in [1.165, 1.54) is 0 Å². The standard InChI is InChI=1S/C19H29N7O5/c20-12(9-11-5-2-1-3-6-11)16(28)25-13(7-4-8-24-19(22)23)17(29)26-14(18(30)31)10-15(21)27/h1-3,5-6,12-14H,4,7-10,20H2,(H2,21,27)(H,25,28)(H,26,29)(H,30,31)(H4,22,23,24). The van der Waals surface area contributed by atoms with Gasteiger partial charge in [0, 0.05) is 6.54 Å². The molecule has 11 N–H and O–H groups in total. The van der Waals surface area contributed by atoms with Gasteiger partial charge in [-0.2, -0.15) is 0 Å². The topological polar surface area (TPSA) is 229 Å². The van der Waals surface area contributed by atoms with Gasteiger partial charge in [0.2, 0.25) is 17.7 Å². The molecule has 0 aliphatic rings. The second kappa shape index (κ2) is 12.8. The molecule has 0 saturated carbocycles. The molecule has 1 aromatic rings. The van der Waals surface area contributed by atoms with Crippen LogP contribution in [0.2, 0.25) is 0 Å². The summed E-state index contributed by atoms with van der Waals surface area (Å²) in [7, 11) is 0. The zero-order valence-corrected chi connectivity index (χ0v) is 17.0. The highest BCUT2D eigenvalue weighted by Gasteiger charge is 2.28. The zero-order chi connectivity index (χ0) is 23.4. The van der Waals surface area contributed by atoms with Crippen molar-refractivity contribution in [3.05, 3.63) is 35.9 Å². The Balaban J connectivity index is 2.84. The fraction of sp³-hybridized carbons (Fsp3) is 0.421. The highest BCUT2D eigenvalue weighted by molar-refractivity contribution is 5.93. The summed E-state index contributed by atoms with van der Waals surface area (Å²) in [6.45, 7) is 0.196. The fourth-order valence-electron chi connectivity index (χ4n) is 2.69. The Hall–Kier alpha value is -3.67. The first kappa shape index (κ1) is 25.4. The van der Waals surface area contributed by atoms with E-state index in [1.807, 2.05) is 30.3 Å². The lowest BCUT2D eigenvalue weighted by molar-refractivity contribution is -0.143. The molecule has 1 rings (SSSR count). The maximum Gasteiger partial charge on any atom is 0.326 e. The van der Waals surface area contributed by atoms with Crippen LogP contribution < -0.4 is 33.6 Å². The Kier molecular flexibility index (Phi) is 10.5. The third kappa shape index (κ3) is 10.1. The second-order valence-corrected chi connectivity index (χ2v) is 6.88. The maximum atomic E-state index is 12.6. The number of carboxylic acid groups (broad SMARTS) is 1. The molecule has 1 aromatic carbocycles. The molecule has 12 nitrogen and oxygen atoms in total. The third-order valence-corrected chi connectivity index (χ3v) is 4.23. The maximum absolute atomic E-state index is 12.6. The van der Waals surface area contributed by atoms with Crippen molar-refractivity contribution in [1.82, 2.24) is 10.6 Å². The number of aliphatic imine (C=N–C) groups is 1. The van der Waals surface area contributed by atoms with Crippen LogP contribution in [-0.2, 0) is 25.6 Å². The van der Waals surface area contributed by atoms with Crippen LogP contribution in [0.5, 0.6) is 0 Å². The van der Waals surface area contributed by atoms with Crippen LogP contribution in [-0.4, -0.2) is 59.4 Å². The summed E-state index contributed by atoms with van der Waals surface area (Å²) in [6, 6.07) is 5.50. The SMILES string of the molecule is NC(=O)CC(NC(=O)C(CCCN=C(N)N)NC(=O)C(N)Cc1ccccc1)C(=O)O. The van der Waals surface area contributed by atoms with Crippen LogP contribution in [0.1, 0.15) is 24.8 Å². The van der Waals surface area contributed by atoms with Gasteiger partial charge in [-0.25, -0.2) is 4.79 Å². The molecule has 0 saturated heterocycles. The molecule has 0 bridgehead atoms. The molecule has 3 amide bonds. The molecule has 0 radical (unpaired) electrons. The van der Waals surface area contributed by atoms with E-state index < -0.39 is 48.2 Å². The number of hydrogen-bond donors (Lipinski definition) is 7. The Morgan fingerprint density at radius 3 is 2.13 bits per heavy atom. The van der Waals surface area contributed by atoms with E-state index in [4.69, 9.17) is 22.9 Å². The molecular formula is C19H29N7O5. The minimum absolute atomic E-state index is 0.106. The van der Waals surface area contributed by atoms with Crippen LogP contribution in [0, 0.1) is 0 Å². The van der Waals surface area contributed by atoms with E-state index in [9.17, 15) is 24.3 Å². The molecule has 0 fully saturated rings. The smallest absolute Gasteiger partial charge is 0.326 e. The average molecular weight is 435 g/mol. The van der Waals surface area contributed by atoms with Gasteiger partial charge in [0.15, 0.2) is 5.96 Å². The van der Waals surface area contributed by atoms with Gasteiger partial charge in [-0.1, -0.05) is 30.3 Å². The van der Waals surface area contributed by atoms with E-state index in [-0.39, 0.29) is 25.3 Å². The number of carbonyl (C=O) groups is 4. The van der Waals surface area contributed by atoms with Crippen molar-refractivity contribution in [2.45, 2.75) is 43.8 Å². The van der Waals surface area contributed by atoms with Gasteiger partial charge in [0.25, 0.3) is 0 Å². The first-order valence-corrected chi connectivity index (χ1v) is 9.57. The quantitative estimate of drug-likeness (QED) is 0.0995. The number of primary amides is 1. The lowest BCUT2D eigenvalue weighted by atomic mass is 10.0. The van der Waals surface area contributed by atoms with Crippen molar-refractivity contribution in [3.63, 3.8) is 0 Å². The van der Waals surface area contributed by atoms with Crippen molar-refractivity contribution < 1.29 is 24.3 Å². The van der Waals surface area contributed by atoms with Crippen LogP contribution in [0.25, 0.3) is 0 Å². The number of nitrogens with one attached hydrogen (secondary N) is 2. The van der Waals surface area contributed by atoms with Crippen molar-refractivity contribution >= 4 is 29.7 Å². The monoisotopic (exact) mass is 435 g/mol. The first-order chi connectivity index (χ1) is 14.6. The molecule has 3 unspecified atom stereocenters. The molecule has 0 heterocycles. The van der Waals surface area contributed by atoms with Crippen molar-refractivity contribution in [3.8, 4) is 0 Å². The first-order valence-electron chi connectivity index (χ1n) is 9.57. The minimum Gasteiger partial charge on any atom is -0.480 e. The number of hydrogen-bond acceptors (Lipinski definition) is 6. The number of aliphatic carboxylic acids is 1. The van der Waals surface area contributed by atoms with Gasteiger partial charge in [0.05, 0.1) is 12.5 Å². The Bertz CT molecular complexity index is 796. The number of nitrogens with zero attached hydrogens (tertiary/aromatic N) is 1. The van der Waals surface area contributed by atoms with E-state index in [2.05, 4.69) is 15.6 Å². The summed E-state index contributed by atoms with van der Waals surface area (Å²) in [5.74, 6) is -3.84. The molecule has 0 aliphatic heterocycles. The van der Waals surface area contributed by atoms with E-state index >= 15 is 0 Å². The molecule has 0 aliphatic carbocycles. The third-order valence-electron chi connectivity index (χ3n) is 4.23. The zero-order valence-electron chi connectivity index (χ0n) is 17.0. The average Bonchev–Trinajstić information content (AvgIpc) is 2.69. The molecule has 31 heavy (non-hydrogen) atoms. The summed E-state index contributed by atoms with van der Waals surface area (Å²) in [4.78, 5) is 51.3. The molecule has 0 aromatic heterocycles. The molecule has 3 atom stereocenters. The summed E-state index contributed by atoms with van der Waals surface area (Å²) >= 11 is 0. The molecule has 170 valence electrons. The van der Waals surface area contributed by atoms with Gasteiger partial charge < -0.3 is 38.7 Å². The highest BCUT2D eigenvalue weighted by Crippen LogP contribution is 2.05. The summed E-state index contributed by atoms with van der Waals surface area (Å²) in [5, 5.41) is 13.9. The number of carbonyl (C=O) groups excluding carboxylic acids is 3. The fourth-order valence-corrected chi connectivity index (χ4v) is 2.69. The minimum atomic E-state index is -1.53. The molecule has 12 heteroatoms. The number of guanidine groups is 1. The lowest BCUT2D eigenvalue weighted by Crippen LogP contribution is -2.55. The van der Waals surface area contributed by atoms with Gasteiger partial charge in [-0.15, -0.1) is 0 Å². The largest absolute Gasteiger partial charge is 0.480 e. The summed E-state index contributed by atoms with van der Waals surface area (Å²) < 4.78 is 0. The van der Waals surface area contributed by atoms with E-state index in [0.29, 0.717) is 6.42 Å². The number of carboxylic acids is 1. The van der Waals surface area contributed by atoms with Crippen LogP contribution in [0.4, 0.5) is 0 Å². The van der Waals surface area contributed by atoms with Gasteiger partial charge in [-0.3, -0.25) is 19.4 Å². The van der Waals surface area contributed by atoms with Gasteiger partial charge in [-0.05, 0) is 24.8 Å². The predicted molar refractivity (Wildman–Crippen MR) is 113 cm³/mol. The summed E-state index contributed by atoms with van der Waals surface area (Å²) in [6.07, 6.45) is 0.0742. The van der Waals surface area contributed by atoms with Crippen molar-refractivity contribution in [1.29, 1.82) is 0 Å². The molecule has 0 spiro atoms. The number of nitrogens with two attached hydrogens (primary N) is 4. The van der Waals surface area contributed by atoms with Crippen LogP contribution in [0.3, 0.4) is 0 Å². The Morgan fingerprint density at radius 1 is 0.968 bits per heavy atom. The summed E-state index contributed by atoms with van der Waals surface area (Å²) in [5.41, 5.74) is 22.3. The second-order valence-electron chi connectivity index (χ2n) is 6.88. The van der Waals surface area contributed by atoms with E-state index in [1.54, 1.807) is 0 Å². The van der Waals surface area contributed by atoms with Gasteiger partial charge in [0.1, 0.15) is 12.1 Å².